The number of nitrogens with zero attached hydrogens (tertiary/aromatic N) is 3. The lowest BCUT2D eigenvalue weighted by Crippen LogP contribution is -2.43. The lowest BCUT2D eigenvalue weighted by Gasteiger charge is -2.34. The second-order valence-corrected chi connectivity index (χ2v) is 8.59. The fourth-order valence-corrected chi connectivity index (χ4v) is 4.64. The number of carbonyl (C=O) groups excluding carboxylic acids is 1. The summed E-state index contributed by atoms with van der Waals surface area (Å²) >= 11 is 1.61. The van der Waals surface area contributed by atoms with E-state index in [0.717, 1.165) is 35.5 Å². The minimum absolute atomic E-state index is 0.0913. The van der Waals surface area contributed by atoms with Crippen molar-refractivity contribution in [3.8, 4) is 10.6 Å². The predicted octanol–water partition coefficient (Wildman–Crippen LogP) is 4.01. The Morgan fingerprint density at radius 2 is 2.00 bits per heavy atom. The standard InChI is InChI=1S/C23H25N3O2S/c1-17(19-8-3-2-4-9-19)23(28)25-13-5-7-18(15-25)16-26-22(27)12-11-20(24-26)21-10-6-14-29-21/h2-4,6,8-12,14,17-18H,5,7,13,15-16H2,1H3/t17-,18-/m1/s1. The topological polar surface area (TPSA) is 55.2 Å². The summed E-state index contributed by atoms with van der Waals surface area (Å²) in [5.74, 6) is 0.242. The Hall–Kier alpha value is -2.73. The molecule has 2 aromatic heterocycles. The van der Waals surface area contributed by atoms with Gasteiger partial charge in [-0.2, -0.15) is 5.10 Å². The van der Waals surface area contributed by atoms with Crippen molar-refractivity contribution in [3.05, 3.63) is 75.9 Å². The molecule has 6 heteroatoms. The van der Waals surface area contributed by atoms with Crippen molar-refractivity contribution in [2.24, 2.45) is 5.92 Å². The third kappa shape index (κ3) is 4.48. The van der Waals surface area contributed by atoms with Gasteiger partial charge in [-0.1, -0.05) is 36.4 Å². The molecule has 29 heavy (non-hydrogen) atoms. The number of carbonyl (C=O) groups is 1. The summed E-state index contributed by atoms with van der Waals surface area (Å²) in [6.45, 7) is 3.97. The third-order valence-electron chi connectivity index (χ3n) is 5.57. The zero-order valence-corrected chi connectivity index (χ0v) is 17.3. The summed E-state index contributed by atoms with van der Waals surface area (Å²) < 4.78 is 1.56. The average molecular weight is 408 g/mol. The zero-order valence-electron chi connectivity index (χ0n) is 16.5. The van der Waals surface area contributed by atoms with Gasteiger partial charge in [0.05, 0.1) is 10.8 Å². The normalized spacial score (nSPS) is 17.8. The largest absolute Gasteiger partial charge is 0.342 e. The van der Waals surface area contributed by atoms with Gasteiger partial charge >= 0.3 is 0 Å². The van der Waals surface area contributed by atoms with Crippen molar-refractivity contribution in [2.75, 3.05) is 13.1 Å². The molecule has 0 aliphatic carbocycles. The fraction of sp³-hybridized carbons (Fsp3) is 0.348. The minimum atomic E-state index is -0.155. The lowest BCUT2D eigenvalue weighted by atomic mass is 9.94. The van der Waals surface area contributed by atoms with Gasteiger partial charge in [0.2, 0.25) is 5.91 Å². The summed E-state index contributed by atoms with van der Waals surface area (Å²) in [5.41, 5.74) is 1.77. The number of aromatic nitrogens is 2. The molecule has 0 spiro atoms. The Labute approximate surface area is 174 Å². The molecule has 3 heterocycles. The van der Waals surface area contributed by atoms with Crippen molar-refractivity contribution in [2.45, 2.75) is 32.2 Å². The van der Waals surface area contributed by atoms with E-state index in [9.17, 15) is 9.59 Å². The van der Waals surface area contributed by atoms with Gasteiger partial charge < -0.3 is 4.90 Å². The van der Waals surface area contributed by atoms with Crippen LogP contribution in [-0.2, 0) is 11.3 Å². The predicted molar refractivity (Wildman–Crippen MR) is 116 cm³/mol. The summed E-state index contributed by atoms with van der Waals surface area (Å²) in [5, 5.41) is 6.58. The first kappa shape index (κ1) is 19.6. The van der Waals surface area contributed by atoms with Crippen LogP contribution in [0, 0.1) is 5.92 Å². The maximum Gasteiger partial charge on any atom is 0.266 e. The van der Waals surface area contributed by atoms with Crippen molar-refractivity contribution < 1.29 is 4.79 Å². The van der Waals surface area contributed by atoms with Crippen LogP contribution in [0.15, 0.2) is 64.8 Å². The number of piperidine rings is 1. The number of thiophene rings is 1. The quantitative estimate of drug-likeness (QED) is 0.642. The first-order valence-corrected chi connectivity index (χ1v) is 11.0. The Balaban J connectivity index is 1.46. The maximum absolute atomic E-state index is 13.0. The lowest BCUT2D eigenvalue weighted by molar-refractivity contribution is -0.134. The molecule has 0 saturated carbocycles. The molecule has 150 valence electrons. The van der Waals surface area contributed by atoms with Crippen LogP contribution in [0.5, 0.6) is 0 Å². The number of likely N-dealkylation sites (tertiary alicyclic amines) is 1. The molecule has 0 bridgehead atoms. The van der Waals surface area contributed by atoms with Crippen LogP contribution < -0.4 is 5.56 Å². The molecule has 1 aliphatic heterocycles. The van der Waals surface area contributed by atoms with Crippen molar-refractivity contribution in [1.29, 1.82) is 0 Å². The molecule has 2 atom stereocenters. The molecule has 0 N–H and O–H groups in total. The summed E-state index contributed by atoms with van der Waals surface area (Å²) in [6, 6.07) is 17.3. The van der Waals surface area contributed by atoms with Gasteiger partial charge in [0.1, 0.15) is 5.69 Å². The molecule has 1 fully saturated rings. The van der Waals surface area contributed by atoms with Gasteiger partial charge in [0.25, 0.3) is 5.56 Å². The first-order valence-electron chi connectivity index (χ1n) is 10.1. The smallest absolute Gasteiger partial charge is 0.266 e. The number of benzene rings is 1. The molecule has 1 amide bonds. The van der Waals surface area contributed by atoms with Gasteiger partial charge in [0.15, 0.2) is 0 Å². The summed E-state index contributed by atoms with van der Waals surface area (Å²) in [4.78, 5) is 28.4. The molecule has 4 rings (SSSR count). The molecule has 0 unspecified atom stereocenters. The monoisotopic (exact) mass is 407 g/mol. The number of hydrogen-bond donors (Lipinski definition) is 0. The molecule has 3 aromatic rings. The molecule has 5 nitrogen and oxygen atoms in total. The first-order chi connectivity index (χ1) is 14.1. The van der Waals surface area contributed by atoms with Crippen molar-refractivity contribution in [3.63, 3.8) is 0 Å². The second kappa shape index (κ2) is 8.74. The molecule has 1 aromatic carbocycles. The molecular formula is C23H25N3O2S. The van der Waals surface area contributed by atoms with Crippen LogP contribution in [0.2, 0.25) is 0 Å². The molecule has 1 saturated heterocycles. The van der Waals surface area contributed by atoms with Gasteiger partial charge in [-0.15, -0.1) is 11.3 Å². The molecule has 1 aliphatic rings. The van der Waals surface area contributed by atoms with Crippen LogP contribution in [0.4, 0.5) is 0 Å². The van der Waals surface area contributed by atoms with E-state index in [-0.39, 0.29) is 23.3 Å². The minimum Gasteiger partial charge on any atom is -0.342 e. The number of rotatable bonds is 5. The van der Waals surface area contributed by atoms with E-state index in [1.54, 1.807) is 28.2 Å². The number of hydrogen-bond acceptors (Lipinski definition) is 4. The van der Waals surface area contributed by atoms with Crippen molar-refractivity contribution >= 4 is 17.2 Å². The number of amides is 1. The summed E-state index contributed by atoms with van der Waals surface area (Å²) in [7, 11) is 0. The highest BCUT2D eigenvalue weighted by molar-refractivity contribution is 7.13. The fourth-order valence-electron chi connectivity index (χ4n) is 3.95. The Bertz CT molecular complexity index is 1010. The van der Waals surface area contributed by atoms with Crippen LogP contribution in [0.1, 0.15) is 31.2 Å². The summed E-state index contributed by atoms with van der Waals surface area (Å²) in [6.07, 6.45) is 1.96. The Morgan fingerprint density at radius 3 is 2.76 bits per heavy atom. The van der Waals surface area contributed by atoms with E-state index in [1.165, 1.54) is 0 Å². The highest BCUT2D eigenvalue weighted by atomic mass is 32.1. The SMILES string of the molecule is C[C@@H](C(=O)N1CCC[C@@H](Cn2nc(-c3cccs3)ccc2=O)C1)c1ccccc1. The van der Waals surface area contributed by atoms with Crippen molar-refractivity contribution in [1.82, 2.24) is 14.7 Å². The van der Waals surface area contributed by atoms with Gasteiger partial charge in [-0.25, -0.2) is 4.68 Å². The van der Waals surface area contributed by atoms with Crippen LogP contribution in [-0.4, -0.2) is 33.7 Å². The Morgan fingerprint density at radius 1 is 1.17 bits per heavy atom. The zero-order chi connectivity index (χ0) is 20.2. The van der Waals surface area contributed by atoms with Gasteiger partial charge in [0, 0.05) is 25.7 Å². The molecule has 0 radical (unpaired) electrons. The van der Waals surface area contributed by atoms with E-state index in [2.05, 4.69) is 5.10 Å². The molecular weight excluding hydrogens is 382 g/mol. The van der Waals surface area contributed by atoms with E-state index >= 15 is 0 Å². The second-order valence-electron chi connectivity index (χ2n) is 7.64. The third-order valence-corrected chi connectivity index (χ3v) is 6.46. The van der Waals surface area contributed by atoms with Crippen LogP contribution in [0.3, 0.4) is 0 Å². The maximum atomic E-state index is 13.0. The Kier molecular flexibility index (Phi) is 5.90. The van der Waals surface area contributed by atoms with E-state index in [4.69, 9.17) is 0 Å². The van der Waals surface area contributed by atoms with E-state index in [0.29, 0.717) is 13.1 Å². The van der Waals surface area contributed by atoms with Crippen LogP contribution >= 0.6 is 11.3 Å². The highest BCUT2D eigenvalue weighted by Crippen LogP contribution is 2.24. The van der Waals surface area contributed by atoms with Gasteiger partial charge in [-0.05, 0) is 48.8 Å². The average Bonchev–Trinajstić information content (AvgIpc) is 3.30. The van der Waals surface area contributed by atoms with Crippen LogP contribution in [0.25, 0.3) is 10.6 Å². The van der Waals surface area contributed by atoms with E-state index < -0.39 is 0 Å². The highest BCUT2D eigenvalue weighted by Gasteiger charge is 2.28. The van der Waals surface area contributed by atoms with Gasteiger partial charge in [-0.3, -0.25) is 9.59 Å². The van der Waals surface area contributed by atoms with E-state index in [1.807, 2.05) is 59.7 Å².